The van der Waals surface area contributed by atoms with Gasteiger partial charge in [0.1, 0.15) is 17.2 Å². The van der Waals surface area contributed by atoms with Crippen LogP contribution in [0.15, 0.2) is 30.6 Å². The SMILES string of the molecule is CCc1c(Cl)ncnc1Oc1ccc(CC#N)cc1. The zero-order chi connectivity index (χ0) is 13.7. The molecule has 0 radical (unpaired) electrons. The van der Waals surface area contributed by atoms with Crippen LogP contribution in [0.3, 0.4) is 0 Å². The van der Waals surface area contributed by atoms with Crippen LogP contribution < -0.4 is 4.74 Å². The van der Waals surface area contributed by atoms with Gasteiger partial charge in [-0.1, -0.05) is 30.7 Å². The number of rotatable bonds is 4. The predicted octanol–water partition coefficient (Wildman–Crippen LogP) is 3.55. The standard InChI is InChI=1S/C14H12ClN3O/c1-2-12-13(15)17-9-18-14(12)19-11-5-3-10(4-6-11)7-8-16/h3-6,9H,2,7H2,1H3. The van der Waals surface area contributed by atoms with E-state index in [0.717, 1.165) is 11.1 Å². The Morgan fingerprint density at radius 1 is 1.26 bits per heavy atom. The first-order valence-corrected chi connectivity index (χ1v) is 6.25. The molecule has 0 N–H and O–H groups in total. The van der Waals surface area contributed by atoms with Gasteiger partial charge in [0.15, 0.2) is 0 Å². The molecule has 0 saturated heterocycles. The van der Waals surface area contributed by atoms with Gasteiger partial charge >= 0.3 is 0 Å². The summed E-state index contributed by atoms with van der Waals surface area (Å²) in [5.41, 5.74) is 1.73. The molecule has 1 aromatic carbocycles. The molecular formula is C14H12ClN3O. The first-order chi connectivity index (χ1) is 9.24. The van der Waals surface area contributed by atoms with Gasteiger partial charge in [0.25, 0.3) is 0 Å². The molecule has 0 saturated carbocycles. The van der Waals surface area contributed by atoms with Crippen LogP contribution in [0.5, 0.6) is 11.6 Å². The monoisotopic (exact) mass is 273 g/mol. The van der Waals surface area contributed by atoms with Crippen LogP contribution in [0.1, 0.15) is 18.1 Å². The normalized spacial score (nSPS) is 9.95. The van der Waals surface area contributed by atoms with E-state index in [0.29, 0.717) is 29.6 Å². The molecule has 1 aromatic heterocycles. The number of hydrogen-bond donors (Lipinski definition) is 0. The zero-order valence-electron chi connectivity index (χ0n) is 10.4. The maximum atomic E-state index is 8.61. The average molecular weight is 274 g/mol. The van der Waals surface area contributed by atoms with Crippen molar-refractivity contribution in [1.29, 1.82) is 5.26 Å². The molecular weight excluding hydrogens is 262 g/mol. The lowest BCUT2D eigenvalue weighted by Gasteiger charge is -2.09. The minimum atomic E-state index is 0.389. The minimum Gasteiger partial charge on any atom is -0.439 e. The number of nitriles is 1. The summed E-state index contributed by atoms with van der Waals surface area (Å²) in [5.74, 6) is 1.13. The summed E-state index contributed by atoms with van der Waals surface area (Å²) < 4.78 is 5.70. The highest BCUT2D eigenvalue weighted by molar-refractivity contribution is 6.30. The Balaban J connectivity index is 2.22. The highest BCUT2D eigenvalue weighted by Crippen LogP contribution is 2.27. The van der Waals surface area contributed by atoms with E-state index in [1.54, 1.807) is 0 Å². The predicted molar refractivity (Wildman–Crippen MR) is 72.3 cm³/mol. The molecule has 0 aliphatic heterocycles. The van der Waals surface area contributed by atoms with Crippen molar-refractivity contribution < 1.29 is 4.74 Å². The Kier molecular flexibility index (Phi) is 4.32. The zero-order valence-corrected chi connectivity index (χ0v) is 11.2. The fraction of sp³-hybridized carbons (Fsp3) is 0.214. The van der Waals surface area contributed by atoms with Crippen molar-refractivity contribution in [3.8, 4) is 17.7 Å². The van der Waals surface area contributed by atoms with Gasteiger partial charge in [-0.2, -0.15) is 5.26 Å². The van der Waals surface area contributed by atoms with Crippen LogP contribution in [0.25, 0.3) is 0 Å². The maximum Gasteiger partial charge on any atom is 0.226 e. The Morgan fingerprint density at radius 3 is 2.63 bits per heavy atom. The Morgan fingerprint density at radius 2 is 2.00 bits per heavy atom. The summed E-state index contributed by atoms with van der Waals surface area (Å²) in [5, 5.41) is 9.02. The van der Waals surface area contributed by atoms with E-state index in [2.05, 4.69) is 16.0 Å². The molecule has 0 aliphatic carbocycles. The molecule has 0 spiro atoms. The van der Waals surface area contributed by atoms with Gasteiger partial charge in [-0.15, -0.1) is 0 Å². The molecule has 0 aliphatic rings. The van der Waals surface area contributed by atoms with Crippen molar-refractivity contribution in [3.63, 3.8) is 0 Å². The number of nitrogens with zero attached hydrogens (tertiary/aromatic N) is 3. The summed E-state index contributed by atoms with van der Waals surface area (Å²) in [7, 11) is 0. The Labute approximate surface area is 116 Å². The number of hydrogen-bond acceptors (Lipinski definition) is 4. The molecule has 2 aromatic rings. The van der Waals surface area contributed by atoms with Gasteiger partial charge in [-0.05, 0) is 24.1 Å². The Hall–Kier alpha value is -2.12. The largest absolute Gasteiger partial charge is 0.439 e. The Bertz CT molecular complexity index is 605. The lowest BCUT2D eigenvalue weighted by molar-refractivity contribution is 0.455. The van der Waals surface area contributed by atoms with Crippen molar-refractivity contribution in [2.24, 2.45) is 0 Å². The van der Waals surface area contributed by atoms with Crippen molar-refractivity contribution in [2.75, 3.05) is 0 Å². The molecule has 96 valence electrons. The van der Waals surface area contributed by atoms with E-state index in [1.807, 2.05) is 31.2 Å². The smallest absolute Gasteiger partial charge is 0.226 e. The second-order valence-electron chi connectivity index (χ2n) is 3.88. The summed E-state index contributed by atoms with van der Waals surface area (Å²) in [4.78, 5) is 8.02. The van der Waals surface area contributed by atoms with E-state index >= 15 is 0 Å². The summed E-state index contributed by atoms with van der Waals surface area (Å²) in [6.07, 6.45) is 2.46. The van der Waals surface area contributed by atoms with E-state index in [9.17, 15) is 0 Å². The topological polar surface area (TPSA) is 58.8 Å². The van der Waals surface area contributed by atoms with Gasteiger partial charge in [0, 0.05) is 0 Å². The van der Waals surface area contributed by atoms with Crippen LogP contribution in [-0.2, 0) is 12.8 Å². The van der Waals surface area contributed by atoms with E-state index in [1.165, 1.54) is 6.33 Å². The van der Waals surface area contributed by atoms with Gasteiger partial charge in [0.2, 0.25) is 5.88 Å². The van der Waals surface area contributed by atoms with Crippen LogP contribution in [0.2, 0.25) is 5.15 Å². The second kappa shape index (κ2) is 6.17. The molecule has 0 amide bonds. The van der Waals surface area contributed by atoms with E-state index < -0.39 is 0 Å². The fourth-order valence-corrected chi connectivity index (χ4v) is 1.90. The van der Waals surface area contributed by atoms with Crippen LogP contribution >= 0.6 is 11.6 Å². The first kappa shape index (κ1) is 13.3. The number of ether oxygens (including phenoxy) is 1. The van der Waals surface area contributed by atoms with Crippen molar-refractivity contribution in [3.05, 3.63) is 46.9 Å². The first-order valence-electron chi connectivity index (χ1n) is 5.87. The van der Waals surface area contributed by atoms with Crippen molar-refractivity contribution in [2.45, 2.75) is 19.8 Å². The highest BCUT2D eigenvalue weighted by Gasteiger charge is 2.10. The van der Waals surface area contributed by atoms with Crippen molar-refractivity contribution >= 4 is 11.6 Å². The summed E-state index contributed by atoms with van der Waals surface area (Å²) in [6.45, 7) is 1.97. The second-order valence-corrected chi connectivity index (χ2v) is 4.24. The van der Waals surface area contributed by atoms with Gasteiger partial charge < -0.3 is 4.74 Å². The third-order valence-electron chi connectivity index (χ3n) is 2.63. The maximum absolute atomic E-state index is 8.61. The van der Waals surface area contributed by atoms with Gasteiger partial charge in [-0.25, -0.2) is 9.97 Å². The average Bonchev–Trinajstić information content (AvgIpc) is 2.42. The molecule has 5 heteroatoms. The third kappa shape index (κ3) is 3.21. The van der Waals surface area contributed by atoms with E-state index in [-0.39, 0.29) is 0 Å². The van der Waals surface area contributed by atoms with Crippen LogP contribution in [-0.4, -0.2) is 9.97 Å². The lowest BCUT2D eigenvalue weighted by Crippen LogP contribution is -1.96. The summed E-state index contributed by atoms with van der Waals surface area (Å²) >= 11 is 6.00. The van der Waals surface area contributed by atoms with Crippen LogP contribution in [0, 0.1) is 11.3 Å². The van der Waals surface area contributed by atoms with Gasteiger partial charge in [0.05, 0.1) is 18.1 Å². The molecule has 1 heterocycles. The molecule has 0 fully saturated rings. The number of halogens is 1. The molecule has 0 bridgehead atoms. The quantitative estimate of drug-likeness (QED) is 0.799. The highest BCUT2D eigenvalue weighted by atomic mass is 35.5. The number of benzene rings is 1. The fourth-order valence-electron chi connectivity index (χ4n) is 1.64. The molecule has 0 unspecified atom stereocenters. The molecule has 0 atom stereocenters. The van der Waals surface area contributed by atoms with Gasteiger partial charge in [-0.3, -0.25) is 0 Å². The molecule has 2 rings (SSSR count). The lowest BCUT2D eigenvalue weighted by atomic mass is 10.2. The van der Waals surface area contributed by atoms with E-state index in [4.69, 9.17) is 21.6 Å². The number of aromatic nitrogens is 2. The van der Waals surface area contributed by atoms with Crippen LogP contribution in [0.4, 0.5) is 0 Å². The minimum absolute atomic E-state index is 0.389. The molecule has 4 nitrogen and oxygen atoms in total. The third-order valence-corrected chi connectivity index (χ3v) is 2.95. The van der Waals surface area contributed by atoms with Crippen molar-refractivity contribution in [1.82, 2.24) is 9.97 Å². The summed E-state index contributed by atoms with van der Waals surface area (Å²) in [6, 6.07) is 9.42. The molecule has 19 heavy (non-hydrogen) atoms.